The van der Waals surface area contributed by atoms with Gasteiger partial charge in [0.05, 0.1) is 13.0 Å². The van der Waals surface area contributed by atoms with Crippen molar-refractivity contribution in [3.05, 3.63) is 59.1 Å². The molecule has 98 valence electrons. The molecule has 0 aliphatic carbocycles. The topological polar surface area (TPSA) is 26.3 Å². The third kappa shape index (κ3) is 3.15. The van der Waals surface area contributed by atoms with E-state index >= 15 is 0 Å². The zero-order valence-electron chi connectivity index (χ0n) is 10.9. The van der Waals surface area contributed by atoms with Gasteiger partial charge in [-0.1, -0.05) is 48.0 Å². The van der Waals surface area contributed by atoms with E-state index in [1.54, 1.807) is 6.07 Å². The molecule has 0 aliphatic heterocycles. The van der Waals surface area contributed by atoms with Crippen molar-refractivity contribution >= 4 is 17.6 Å². The Labute approximate surface area is 118 Å². The molecule has 0 amide bonds. The maximum absolute atomic E-state index is 11.6. The molecule has 19 heavy (non-hydrogen) atoms. The summed E-state index contributed by atoms with van der Waals surface area (Å²) in [7, 11) is 1.39. The normalized spacial score (nSPS) is 11.9. The van der Waals surface area contributed by atoms with Gasteiger partial charge in [0.1, 0.15) is 0 Å². The molecule has 0 heterocycles. The fraction of sp³-hybridized carbons (Fsp3) is 0.188. The van der Waals surface area contributed by atoms with Crippen molar-refractivity contribution in [3.8, 4) is 11.1 Å². The number of hydrogen-bond acceptors (Lipinski definition) is 2. The van der Waals surface area contributed by atoms with E-state index in [1.807, 2.05) is 49.4 Å². The summed E-state index contributed by atoms with van der Waals surface area (Å²) in [6.07, 6.45) is 0. The van der Waals surface area contributed by atoms with Crippen LogP contribution in [0.3, 0.4) is 0 Å². The Morgan fingerprint density at radius 1 is 1.11 bits per heavy atom. The Morgan fingerprint density at radius 2 is 1.79 bits per heavy atom. The summed E-state index contributed by atoms with van der Waals surface area (Å²) < 4.78 is 4.77. The van der Waals surface area contributed by atoms with E-state index < -0.39 is 0 Å². The molecule has 2 aromatic carbocycles. The predicted molar refractivity (Wildman–Crippen MR) is 77.3 cm³/mol. The van der Waals surface area contributed by atoms with Gasteiger partial charge < -0.3 is 4.74 Å². The highest BCUT2D eigenvalue weighted by Crippen LogP contribution is 2.28. The maximum Gasteiger partial charge on any atom is 0.312 e. The molecule has 1 atom stereocenters. The van der Waals surface area contributed by atoms with Crippen LogP contribution >= 0.6 is 11.6 Å². The van der Waals surface area contributed by atoms with E-state index in [4.69, 9.17) is 16.3 Å². The van der Waals surface area contributed by atoms with Crippen LogP contribution in [0, 0.1) is 0 Å². The number of esters is 1. The van der Waals surface area contributed by atoms with Crippen LogP contribution in [0.15, 0.2) is 48.5 Å². The second-order valence-electron chi connectivity index (χ2n) is 4.38. The van der Waals surface area contributed by atoms with Gasteiger partial charge in [-0.25, -0.2) is 0 Å². The molecule has 0 fully saturated rings. The van der Waals surface area contributed by atoms with Crippen LogP contribution in [0.25, 0.3) is 11.1 Å². The van der Waals surface area contributed by atoms with Crippen LogP contribution in [0.4, 0.5) is 0 Å². The predicted octanol–water partition coefficient (Wildman–Crippen LogP) is 4.28. The minimum Gasteiger partial charge on any atom is -0.469 e. The molecule has 0 saturated heterocycles. The van der Waals surface area contributed by atoms with Crippen LogP contribution in [0.5, 0.6) is 0 Å². The summed E-state index contributed by atoms with van der Waals surface area (Å²) in [6, 6.07) is 15.6. The number of carbonyl (C=O) groups excluding carboxylic acids is 1. The maximum atomic E-state index is 11.6. The number of hydrogen-bond donors (Lipinski definition) is 0. The number of methoxy groups -OCH3 is 1. The van der Waals surface area contributed by atoms with Crippen molar-refractivity contribution in [3.63, 3.8) is 0 Å². The van der Waals surface area contributed by atoms with E-state index in [9.17, 15) is 4.79 Å². The molecule has 0 bridgehead atoms. The lowest BCUT2D eigenvalue weighted by molar-refractivity contribution is -0.141. The Hall–Kier alpha value is -1.80. The molecule has 0 N–H and O–H groups in total. The lowest BCUT2D eigenvalue weighted by Gasteiger charge is -2.12. The van der Waals surface area contributed by atoms with Gasteiger partial charge in [-0.15, -0.1) is 0 Å². The summed E-state index contributed by atoms with van der Waals surface area (Å²) in [5.41, 5.74) is 2.93. The first-order valence-corrected chi connectivity index (χ1v) is 6.43. The lowest BCUT2D eigenvalue weighted by Crippen LogP contribution is -2.10. The molecular formula is C16H15ClO2. The second kappa shape index (κ2) is 5.89. The molecule has 2 aromatic rings. The van der Waals surface area contributed by atoms with Gasteiger partial charge in [0, 0.05) is 5.02 Å². The third-order valence-corrected chi connectivity index (χ3v) is 3.30. The van der Waals surface area contributed by atoms with Crippen LogP contribution in [-0.2, 0) is 9.53 Å². The Balaban J connectivity index is 2.43. The van der Waals surface area contributed by atoms with Crippen molar-refractivity contribution in [1.29, 1.82) is 0 Å². The minimum absolute atomic E-state index is 0.263. The number of ether oxygens (including phenoxy) is 1. The minimum atomic E-state index is -0.328. The first-order chi connectivity index (χ1) is 9.11. The molecule has 2 nitrogen and oxygen atoms in total. The van der Waals surface area contributed by atoms with E-state index in [0.29, 0.717) is 5.02 Å². The molecule has 0 aliphatic rings. The summed E-state index contributed by atoms with van der Waals surface area (Å²) in [4.78, 5) is 11.6. The summed E-state index contributed by atoms with van der Waals surface area (Å²) in [5, 5.41) is 0.618. The highest BCUT2D eigenvalue weighted by molar-refractivity contribution is 6.31. The van der Waals surface area contributed by atoms with E-state index in [0.717, 1.165) is 16.7 Å². The van der Waals surface area contributed by atoms with Gasteiger partial charge in [-0.3, -0.25) is 4.79 Å². The van der Waals surface area contributed by atoms with Crippen LogP contribution in [0.2, 0.25) is 5.02 Å². The summed E-state index contributed by atoms with van der Waals surface area (Å²) >= 11 is 6.14. The summed E-state index contributed by atoms with van der Waals surface area (Å²) in [5.74, 6) is -0.590. The standard InChI is InChI=1S/C16H15ClO2/c1-11(16(18)19-2)13-8-14(10-15(17)9-13)12-6-4-3-5-7-12/h3-11H,1-2H3. The van der Waals surface area contributed by atoms with Crippen LogP contribution < -0.4 is 0 Å². The molecule has 2 rings (SSSR count). The lowest BCUT2D eigenvalue weighted by atomic mass is 9.96. The van der Waals surface area contributed by atoms with Crippen molar-refractivity contribution in [2.75, 3.05) is 7.11 Å². The fourth-order valence-corrected chi connectivity index (χ4v) is 2.22. The van der Waals surface area contributed by atoms with Crippen molar-refractivity contribution in [2.24, 2.45) is 0 Å². The average molecular weight is 275 g/mol. The van der Waals surface area contributed by atoms with Crippen molar-refractivity contribution < 1.29 is 9.53 Å². The molecule has 1 unspecified atom stereocenters. The zero-order valence-corrected chi connectivity index (χ0v) is 11.6. The molecular weight excluding hydrogens is 260 g/mol. The molecule has 3 heteroatoms. The van der Waals surface area contributed by atoms with E-state index in [2.05, 4.69) is 0 Å². The SMILES string of the molecule is COC(=O)C(C)c1cc(Cl)cc(-c2ccccc2)c1. The van der Waals surface area contributed by atoms with Gasteiger partial charge in [-0.05, 0) is 35.7 Å². The fourth-order valence-electron chi connectivity index (χ4n) is 1.97. The van der Waals surface area contributed by atoms with Crippen molar-refractivity contribution in [1.82, 2.24) is 0 Å². The molecule has 0 radical (unpaired) electrons. The van der Waals surface area contributed by atoms with E-state index in [-0.39, 0.29) is 11.9 Å². The Bertz CT molecular complexity index is 579. The van der Waals surface area contributed by atoms with Gasteiger partial charge in [0.25, 0.3) is 0 Å². The number of rotatable bonds is 3. The Kier molecular flexibility index (Phi) is 4.23. The van der Waals surface area contributed by atoms with Gasteiger partial charge in [0.15, 0.2) is 0 Å². The largest absolute Gasteiger partial charge is 0.469 e. The van der Waals surface area contributed by atoms with Gasteiger partial charge >= 0.3 is 5.97 Å². The Morgan fingerprint density at radius 3 is 2.42 bits per heavy atom. The highest BCUT2D eigenvalue weighted by atomic mass is 35.5. The van der Waals surface area contributed by atoms with Gasteiger partial charge in [0.2, 0.25) is 0 Å². The van der Waals surface area contributed by atoms with Crippen molar-refractivity contribution in [2.45, 2.75) is 12.8 Å². The smallest absolute Gasteiger partial charge is 0.312 e. The first-order valence-electron chi connectivity index (χ1n) is 6.05. The number of halogens is 1. The van der Waals surface area contributed by atoms with Crippen LogP contribution in [0.1, 0.15) is 18.4 Å². The first kappa shape index (κ1) is 13.6. The second-order valence-corrected chi connectivity index (χ2v) is 4.82. The van der Waals surface area contributed by atoms with Crippen LogP contribution in [-0.4, -0.2) is 13.1 Å². The average Bonchev–Trinajstić information content (AvgIpc) is 2.46. The quantitative estimate of drug-likeness (QED) is 0.781. The monoisotopic (exact) mass is 274 g/mol. The molecule has 0 saturated carbocycles. The molecule has 0 spiro atoms. The number of benzene rings is 2. The van der Waals surface area contributed by atoms with Gasteiger partial charge in [-0.2, -0.15) is 0 Å². The molecule has 0 aromatic heterocycles. The number of carbonyl (C=O) groups is 1. The zero-order chi connectivity index (χ0) is 13.8. The summed E-state index contributed by atoms with van der Waals surface area (Å²) in [6.45, 7) is 1.81. The highest BCUT2D eigenvalue weighted by Gasteiger charge is 2.17. The third-order valence-electron chi connectivity index (χ3n) is 3.08. The van der Waals surface area contributed by atoms with E-state index in [1.165, 1.54) is 7.11 Å².